The minimum atomic E-state index is 0.138. The standard InChI is InChI=1S/C18H18O2S/c1-20-16-7-3-6-15(10-16)18(19)12-21-17-9-8-13-4-2-5-14(13)11-17/h3,6-11H,2,4-5,12H2,1H3. The van der Waals surface area contributed by atoms with Crippen molar-refractivity contribution in [3.63, 3.8) is 0 Å². The summed E-state index contributed by atoms with van der Waals surface area (Å²) in [7, 11) is 1.61. The van der Waals surface area contributed by atoms with Crippen LogP contribution in [-0.2, 0) is 12.8 Å². The molecule has 1 aliphatic rings. The van der Waals surface area contributed by atoms with Crippen molar-refractivity contribution in [3.8, 4) is 5.75 Å². The van der Waals surface area contributed by atoms with E-state index in [1.165, 1.54) is 35.3 Å². The second-order valence-electron chi connectivity index (χ2n) is 5.23. The van der Waals surface area contributed by atoms with E-state index in [2.05, 4.69) is 18.2 Å². The van der Waals surface area contributed by atoms with Crippen LogP contribution in [0.5, 0.6) is 5.75 Å². The number of benzene rings is 2. The van der Waals surface area contributed by atoms with Gasteiger partial charge in [0.2, 0.25) is 0 Å². The minimum Gasteiger partial charge on any atom is -0.497 e. The van der Waals surface area contributed by atoms with Gasteiger partial charge in [0.15, 0.2) is 5.78 Å². The zero-order valence-corrected chi connectivity index (χ0v) is 12.9. The van der Waals surface area contributed by atoms with Crippen LogP contribution in [0.25, 0.3) is 0 Å². The fraction of sp³-hybridized carbons (Fsp3) is 0.278. The molecule has 2 aromatic rings. The summed E-state index contributed by atoms with van der Waals surface area (Å²) in [5, 5.41) is 0. The lowest BCUT2D eigenvalue weighted by molar-refractivity contribution is 0.102. The normalized spacial score (nSPS) is 13.0. The molecule has 1 aliphatic carbocycles. The van der Waals surface area contributed by atoms with Gasteiger partial charge in [0, 0.05) is 10.5 Å². The Bertz CT molecular complexity index is 664. The molecule has 2 aromatic carbocycles. The molecule has 0 N–H and O–H groups in total. The number of rotatable bonds is 5. The molecule has 0 saturated heterocycles. The molecule has 21 heavy (non-hydrogen) atoms. The number of methoxy groups -OCH3 is 1. The lowest BCUT2D eigenvalue weighted by atomic mass is 10.1. The van der Waals surface area contributed by atoms with E-state index in [-0.39, 0.29) is 5.78 Å². The molecule has 0 radical (unpaired) electrons. The van der Waals surface area contributed by atoms with E-state index in [1.54, 1.807) is 24.9 Å². The Kier molecular flexibility index (Phi) is 4.30. The summed E-state index contributed by atoms with van der Waals surface area (Å²) in [6, 6.07) is 13.9. The fourth-order valence-electron chi connectivity index (χ4n) is 2.67. The Morgan fingerprint density at radius 1 is 1.14 bits per heavy atom. The van der Waals surface area contributed by atoms with Crippen molar-refractivity contribution in [2.45, 2.75) is 24.2 Å². The summed E-state index contributed by atoms with van der Waals surface area (Å²) in [6.07, 6.45) is 3.63. The number of hydrogen-bond acceptors (Lipinski definition) is 3. The molecule has 0 bridgehead atoms. The molecule has 0 spiro atoms. The number of ether oxygens (including phenoxy) is 1. The topological polar surface area (TPSA) is 26.3 Å². The van der Waals surface area contributed by atoms with Crippen molar-refractivity contribution in [1.29, 1.82) is 0 Å². The average Bonchev–Trinajstić information content (AvgIpc) is 3.00. The Labute approximate surface area is 129 Å². The van der Waals surface area contributed by atoms with Crippen molar-refractivity contribution in [2.75, 3.05) is 12.9 Å². The Morgan fingerprint density at radius 2 is 2.00 bits per heavy atom. The second kappa shape index (κ2) is 6.35. The number of carbonyl (C=O) groups excluding carboxylic acids is 1. The van der Waals surface area contributed by atoms with Gasteiger partial charge in [0.1, 0.15) is 5.75 Å². The van der Waals surface area contributed by atoms with Crippen LogP contribution in [0.15, 0.2) is 47.4 Å². The molecule has 0 atom stereocenters. The molecule has 0 amide bonds. The van der Waals surface area contributed by atoms with Crippen molar-refractivity contribution >= 4 is 17.5 Å². The second-order valence-corrected chi connectivity index (χ2v) is 6.28. The van der Waals surface area contributed by atoms with E-state index >= 15 is 0 Å². The summed E-state index contributed by atoms with van der Waals surface area (Å²) < 4.78 is 5.16. The summed E-state index contributed by atoms with van der Waals surface area (Å²) in [6.45, 7) is 0. The number of carbonyl (C=O) groups is 1. The highest BCUT2D eigenvalue weighted by molar-refractivity contribution is 8.00. The number of hydrogen-bond donors (Lipinski definition) is 0. The molecule has 0 aliphatic heterocycles. The van der Waals surface area contributed by atoms with E-state index in [4.69, 9.17) is 4.74 Å². The molecule has 0 fully saturated rings. The van der Waals surface area contributed by atoms with Gasteiger partial charge in [0.25, 0.3) is 0 Å². The number of ketones is 1. The first-order valence-electron chi connectivity index (χ1n) is 7.18. The van der Waals surface area contributed by atoms with E-state index in [9.17, 15) is 4.79 Å². The smallest absolute Gasteiger partial charge is 0.173 e. The molecule has 0 saturated carbocycles. The minimum absolute atomic E-state index is 0.138. The van der Waals surface area contributed by atoms with Crippen molar-refractivity contribution in [2.24, 2.45) is 0 Å². The average molecular weight is 298 g/mol. The third-order valence-electron chi connectivity index (χ3n) is 3.83. The largest absolute Gasteiger partial charge is 0.497 e. The zero-order valence-electron chi connectivity index (χ0n) is 12.1. The van der Waals surface area contributed by atoms with Crippen LogP contribution in [0.4, 0.5) is 0 Å². The van der Waals surface area contributed by atoms with E-state index in [0.717, 1.165) is 5.75 Å². The van der Waals surface area contributed by atoms with E-state index in [1.807, 2.05) is 18.2 Å². The van der Waals surface area contributed by atoms with Crippen LogP contribution in [0, 0.1) is 0 Å². The first kappa shape index (κ1) is 14.2. The van der Waals surface area contributed by atoms with Crippen LogP contribution in [0.2, 0.25) is 0 Å². The highest BCUT2D eigenvalue weighted by Gasteiger charge is 2.12. The molecular weight excluding hydrogens is 280 g/mol. The van der Waals surface area contributed by atoms with Crippen LogP contribution in [0.3, 0.4) is 0 Å². The van der Waals surface area contributed by atoms with E-state index in [0.29, 0.717) is 11.3 Å². The zero-order chi connectivity index (χ0) is 14.7. The Hall–Kier alpha value is -1.74. The Morgan fingerprint density at radius 3 is 2.86 bits per heavy atom. The number of Topliss-reactive ketones (excluding diaryl/α,β-unsaturated/α-hetero) is 1. The van der Waals surface area contributed by atoms with Gasteiger partial charge in [-0.3, -0.25) is 4.79 Å². The van der Waals surface area contributed by atoms with Crippen molar-refractivity contribution in [3.05, 3.63) is 59.2 Å². The maximum absolute atomic E-state index is 12.2. The summed E-state index contributed by atoms with van der Waals surface area (Å²) in [4.78, 5) is 13.4. The summed E-state index contributed by atoms with van der Waals surface area (Å²) >= 11 is 1.61. The summed E-state index contributed by atoms with van der Waals surface area (Å²) in [5.41, 5.74) is 3.63. The third-order valence-corrected chi connectivity index (χ3v) is 4.83. The molecule has 108 valence electrons. The Balaban J connectivity index is 1.65. The predicted octanol–water partition coefficient (Wildman–Crippen LogP) is 4.16. The van der Waals surface area contributed by atoms with Crippen LogP contribution < -0.4 is 4.74 Å². The molecule has 0 aromatic heterocycles. The highest BCUT2D eigenvalue weighted by atomic mass is 32.2. The lowest BCUT2D eigenvalue weighted by Crippen LogP contribution is -2.02. The number of aryl methyl sites for hydroxylation is 2. The molecule has 0 heterocycles. The van der Waals surface area contributed by atoms with Gasteiger partial charge in [-0.15, -0.1) is 11.8 Å². The molecular formula is C18H18O2S. The maximum atomic E-state index is 12.2. The first-order chi connectivity index (χ1) is 10.3. The lowest BCUT2D eigenvalue weighted by Gasteiger charge is -2.06. The molecule has 3 rings (SSSR count). The highest BCUT2D eigenvalue weighted by Crippen LogP contribution is 2.28. The third kappa shape index (κ3) is 3.30. The maximum Gasteiger partial charge on any atom is 0.173 e. The first-order valence-corrected chi connectivity index (χ1v) is 8.16. The van der Waals surface area contributed by atoms with Crippen molar-refractivity contribution < 1.29 is 9.53 Å². The van der Waals surface area contributed by atoms with Crippen LogP contribution in [-0.4, -0.2) is 18.6 Å². The monoisotopic (exact) mass is 298 g/mol. The van der Waals surface area contributed by atoms with Gasteiger partial charge in [-0.1, -0.05) is 18.2 Å². The van der Waals surface area contributed by atoms with Crippen LogP contribution in [0.1, 0.15) is 27.9 Å². The van der Waals surface area contributed by atoms with Crippen LogP contribution >= 0.6 is 11.8 Å². The van der Waals surface area contributed by atoms with Gasteiger partial charge < -0.3 is 4.74 Å². The van der Waals surface area contributed by atoms with Gasteiger partial charge in [-0.25, -0.2) is 0 Å². The molecule has 3 heteroatoms. The van der Waals surface area contributed by atoms with E-state index < -0.39 is 0 Å². The van der Waals surface area contributed by atoms with Gasteiger partial charge in [0.05, 0.1) is 12.9 Å². The molecule has 0 unspecified atom stereocenters. The SMILES string of the molecule is COc1cccc(C(=O)CSc2ccc3c(c2)CCC3)c1. The van der Waals surface area contributed by atoms with Gasteiger partial charge >= 0.3 is 0 Å². The van der Waals surface area contributed by atoms with Crippen molar-refractivity contribution in [1.82, 2.24) is 0 Å². The number of thioether (sulfide) groups is 1. The number of fused-ring (bicyclic) bond motifs is 1. The quantitative estimate of drug-likeness (QED) is 0.612. The predicted molar refractivity (Wildman–Crippen MR) is 86.5 cm³/mol. The van der Waals surface area contributed by atoms with Gasteiger partial charge in [-0.05, 0) is 54.7 Å². The fourth-order valence-corrected chi connectivity index (χ4v) is 3.52. The molecule has 2 nitrogen and oxygen atoms in total. The summed E-state index contributed by atoms with van der Waals surface area (Å²) in [5.74, 6) is 1.33. The van der Waals surface area contributed by atoms with Gasteiger partial charge in [-0.2, -0.15) is 0 Å².